The number of imidazole rings is 1. The molecule has 0 amide bonds. The van der Waals surface area contributed by atoms with Gasteiger partial charge < -0.3 is 0 Å². The highest BCUT2D eigenvalue weighted by Crippen LogP contribution is 2.14. The summed E-state index contributed by atoms with van der Waals surface area (Å²) in [5, 5.41) is 4.22. The van der Waals surface area contributed by atoms with Crippen molar-refractivity contribution in [3.8, 4) is 0 Å². The van der Waals surface area contributed by atoms with Crippen molar-refractivity contribution in [3.63, 3.8) is 0 Å². The van der Waals surface area contributed by atoms with E-state index in [0.29, 0.717) is 6.54 Å². The van der Waals surface area contributed by atoms with Crippen molar-refractivity contribution in [1.29, 1.82) is 0 Å². The van der Waals surface area contributed by atoms with E-state index in [1.54, 1.807) is 11.3 Å². The summed E-state index contributed by atoms with van der Waals surface area (Å²) in [4.78, 5) is 12.4. The van der Waals surface area contributed by atoms with E-state index in [4.69, 9.17) is 0 Å². The molecule has 0 radical (unpaired) electrons. The molecule has 0 bridgehead atoms. The van der Waals surface area contributed by atoms with Crippen molar-refractivity contribution >= 4 is 22.4 Å². The van der Waals surface area contributed by atoms with Crippen molar-refractivity contribution in [2.24, 2.45) is 0 Å². The van der Waals surface area contributed by atoms with Gasteiger partial charge in [-0.05, 0) is 47.9 Å². The smallest absolute Gasteiger partial charge is 0.292 e. The first-order valence-corrected chi connectivity index (χ1v) is 7.44. The van der Waals surface area contributed by atoms with Crippen molar-refractivity contribution in [2.75, 3.05) is 0 Å². The predicted octanol–water partition coefficient (Wildman–Crippen LogP) is 3.13. The van der Waals surface area contributed by atoms with Crippen LogP contribution in [0.15, 0.2) is 45.9 Å². The molecule has 0 atom stereocenters. The molecular weight excluding hydrogens is 256 g/mol. The summed E-state index contributed by atoms with van der Waals surface area (Å²) in [6.45, 7) is 3.46. The molecule has 0 fully saturated rings. The first-order chi connectivity index (χ1) is 9.31. The molecular formula is C15H16N2OS. The Hall–Kier alpha value is -1.81. The van der Waals surface area contributed by atoms with E-state index in [2.05, 4.69) is 16.8 Å². The number of hydrogen-bond acceptors (Lipinski definition) is 2. The van der Waals surface area contributed by atoms with E-state index in [1.807, 2.05) is 40.3 Å². The van der Waals surface area contributed by atoms with Gasteiger partial charge in [-0.3, -0.25) is 9.13 Å². The zero-order valence-corrected chi connectivity index (χ0v) is 11.7. The third kappa shape index (κ3) is 2.12. The highest BCUT2D eigenvalue weighted by molar-refractivity contribution is 7.07. The number of benzene rings is 1. The molecule has 3 nitrogen and oxygen atoms in total. The number of fused-ring (bicyclic) bond motifs is 1. The second-order valence-corrected chi connectivity index (χ2v) is 5.33. The van der Waals surface area contributed by atoms with Crippen LogP contribution in [0.1, 0.15) is 12.5 Å². The molecule has 0 saturated heterocycles. The van der Waals surface area contributed by atoms with Crippen LogP contribution in [0, 0.1) is 0 Å². The van der Waals surface area contributed by atoms with E-state index in [-0.39, 0.29) is 5.69 Å². The Morgan fingerprint density at radius 3 is 2.47 bits per heavy atom. The van der Waals surface area contributed by atoms with Gasteiger partial charge in [-0.25, -0.2) is 4.79 Å². The molecule has 0 aliphatic carbocycles. The Bertz CT molecular complexity index is 737. The van der Waals surface area contributed by atoms with Gasteiger partial charge >= 0.3 is 5.69 Å². The monoisotopic (exact) mass is 272 g/mol. The Kier molecular flexibility index (Phi) is 3.25. The Balaban J connectivity index is 2.03. The highest BCUT2D eigenvalue weighted by Gasteiger charge is 2.11. The third-order valence-electron chi connectivity index (χ3n) is 3.45. The molecule has 2 aromatic heterocycles. The molecule has 2 heterocycles. The summed E-state index contributed by atoms with van der Waals surface area (Å²) in [6, 6.07) is 10.1. The summed E-state index contributed by atoms with van der Waals surface area (Å²) in [5.41, 5.74) is 3.45. The second kappa shape index (κ2) is 5.05. The minimum atomic E-state index is 0.0962. The number of rotatable bonds is 4. The van der Waals surface area contributed by atoms with Gasteiger partial charge in [0, 0.05) is 13.1 Å². The number of aryl methyl sites for hydroxylation is 3. The van der Waals surface area contributed by atoms with Crippen LogP contribution in [0.5, 0.6) is 0 Å². The van der Waals surface area contributed by atoms with Gasteiger partial charge in [-0.1, -0.05) is 12.1 Å². The average Bonchev–Trinajstić information content (AvgIpc) is 3.02. The van der Waals surface area contributed by atoms with Crippen molar-refractivity contribution in [1.82, 2.24) is 9.13 Å². The van der Waals surface area contributed by atoms with Gasteiger partial charge in [-0.2, -0.15) is 11.3 Å². The summed E-state index contributed by atoms with van der Waals surface area (Å²) in [6.07, 6.45) is 0.904. The minimum absolute atomic E-state index is 0.0962. The average molecular weight is 272 g/mol. The Morgan fingerprint density at radius 1 is 1.11 bits per heavy atom. The van der Waals surface area contributed by atoms with Gasteiger partial charge in [0.2, 0.25) is 0 Å². The largest absolute Gasteiger partial charge is 0.329 e. The van der Waals surface area contributed by atoms with Crippen LogP contribution in [0.25, 0.3) is 11.0 Å². The van der Waals surface area contributed by atoms with Crippen LogP contribution >= 0.6 is 11.3 Å². The lowest BCUT2D eigenvalue weighted by Gasteiger charge is -2.01. The number of nitrogens with zero attached hydrogens (tertiary/aromatic N) is 2. The van der Waals surface area contributed by atoms with Gasteiger partial charge in [-0.15, -0.1) is 0 Å². The topological polar surface area (TPSA) is 26.9 Å². The summed E-state index contributed by atoms with van der Waals surface area (Å²) < 4.78 is 3.72. The summed E-state index contributed by atoms with van der Waals surface area (Å²) in [7, 11) is 0. The fourth-order valence-electron chi connectivity index (χ4n) is 2.47. The van der Waals surface area contributed by atoms with E-state index in [9.17, 15) is 4.79 Å². The molecule has 0 spiro atoms. The molecule has 0 unspecified atom stereocenters. The molecule has 0 aliphatic heterocycles. The predicted molar refractivity (Wildman–Crippen MR) is 79.9 cm³/mol. The number of thiophene rings is 1. The summed E-state index contributed by atoms with van der Waals surface area (Å²) >= 11 is 1.70. The Morgan fingerprint density at radius 2 is 1.84 bits per heavy atom. The third-order valence-corrected chi connectivity index (χ3v) is 4.18. The van der Waals surface area contributed by atoms with Crippen LogP contribution in [-0.4, -0.2) is 9.13 Å². The number of aromatic nitrogens is 2. The lowest BCUT2D eigenvalue weighted by Crippen LogP contribution is -2.24. The minimum Gasteiger partial charge on any atom is -0.292 e. The van der Waals surface area contributed by atoms with E-state index < -0.39 is 0 Å². The molecule has 0 N–H and O–H groups in total. The molecule has 19 heavy (non-hydrogen) atoms. The molecule has 3 rings (SSSR count). The van der Waals surface area contributed by atoms with E-state index in [0.717, 1.165) is 24.0 Å². The van der Waals surface area contributed by atoms with Gasteiger partial charge in [0.15, 0.2) is 0 Å². The van der Waals surface area contributed by atoms with Gasteiger partial charge in [0.05, 0.1) is 11.0 Å². The maximum atomic E-state index is 12.4. The number of para-hydroxylation sites is 2. The van der Waals surface area contributed by atoms with Crippen molar-refractivity contribution < 1.29 is 0 Å². The standard InChI is InChI=1S/C15H16N2OS/c1-2-16-13-5-3-4-6-14(13)17(15(16)18)9-7-12-8-10-19-11-12/h3-6,8,10-11H,2,7,9H2,1H3. The number of hydrogen-bond donors (Lipinski definition) is 0. The quantitative estimate of drug-likeness (QED) is 0.717. The van der Waals surface area contributed by atoms with Crippen LogP contribution < -0.4 is 5.69 Å². The zero-order chi connectivity index (χ0) is 13.2. The maximum absolute atomic E-state index is 12.4. The normalized spacial score (nSPS) is 11.2. The Labute approximate surface area is 115 Å². The van der Waals surface area contributed by atoms with E-state index >= 15 is 0 Å². The second-order valence-electron chi connectivity index (χ2n) is 4.55. The SMILES string of the molecule is CCn1c(=O)n(CCc2ccsc2)c2ccccc21. The molecule has 4 heteroatoms. The summed E-state index contributed by atoms with van der Waals surface area (Å²) in [5.74, 6) is 0. The lowest BCUT2D eigenvalue weighted by atomic mass is 10.2. The van der Waals surface area contributed by atoms with Crippen LogP contribution in [-0.2, 0) is 19.5 Å². The maximum Gasteiger partial charge on any atom is 0.329 e. The first-order valence-electron chi connectivity index (χ1n) is 6.50. The van der Waals surface area contributed by atoms with Crippen molar-refractivity contribution in [2.45, 2.75) is 26.4 Å². The fraction of sp³-hybridized carbons (Fsp3) is 0.267. The zero-order valence-electron chi connectivity index (χ0n) is 10.9. The fourth-order valence-corrected chi connectivity index (χ4v) is 3.17. The molecule has 3 aromatic rings. The van der Waals surface area contributed by atoms with Crippen LogP contribution in [0.2, 0.25) is 0 Å². The first kappa shape index (κ1) is 12.2. The molecule has 98 valence electrons. The molecule has 1 aromatic carbocycles. The highest BCUT2D eigenvalue weighted by atomic mass is 32.1. The molecule has 0 aliphatic rings. The van der Waals surface area contributed by atoms with Gasteiger partial charge in [0.1, 0.15) is 0 Å². The van der Waals surface area contributed by atoms with Crippen LogP contribution in [0.3, 0.4) is 0 Å². The van der Waals surface area contributed by atoms with Crippen LogP contribution in [0.4, 0.5) is 0 Å². The van der Waals surface area contributed by atoms with Crippen molar-refractivity contribution in [3.05, 3.63) is 57.1 Å². The lowest BCUT2D eigenvalue weighted by molar-refractivity contribution is 0.641. The molecule has 0 saturated carbocycles. The van der Waals surface area contributed by atoms with E-state index in [1.165, 1.54) is 5.56 Å². The van der Waals surface area contributed by atoms with Gasteiger partial charge in [0.25, 0.3) is 0 Å².